The van der Waals surface area contributed by atoms with Crippen molar-refractivity contribution in [3.8, 4) is 0 Å². The maximum absolute atomic E-state index is 11.3. The molecule has 0 amide bonds. The molecular weight excluding hydrogens is 266 g/mol. The summed E-state index contributed by atoms with van der Waals surface area (Å²) in [6.07, 6.45) is 3.89. The number of nitrogens with zero attached hydrogens (tertiary/aromatic N) is 3. The highest BCUT2D eigenvalue weighted by Gasteiger charge is 2.29. The van der Waals surface area contributed by atoms with Crippen molar-refractivity contribution >= 4 is 17.5 Å². The average Bonchev–Trinajstić information content (AvgIpc) is 2.35. The smallest absolute Gasteiger partial charge is 0.339 e. The predicted octanol–water partition coefficient (Wildman–Crippen LogP) is 1.04. The Labute approximate surface area is 114 Å². The number of pyridine rings is 1. The Kier molecular flexibility index (Phi) is 4.14. The van der Waals surface area contributed by atoms with Crippen LogP contribution in [0.2, 0.25) is 0 Å². The fourth-order valence-electron chi connectivity index (χ4n) is 2.20. The molecule has 1 aliphatic rings. The van der Waals surface area contributed by atoms with Crippen LogP contribution in [-0.4, -0.2) is 45.3 Å². The Morgan fingerprint density at radius 1 is 1.55 bits per heavy atom. The second kappa shape index (κ2) is 5.83. The molecule has 1 aliphatic carbocycles. The predicted molar refractivity (Wildman–Crippen MR) is 69.9 cm³/mol. The lowest BCUT2D eigenvalue weighted by Crippen LogP contribution is -2.43. The van der Waals surface area contributed by atoms with Crippen molar-refractivity contribution in [2.45, 2.75) is 25.3 Å². The normalized spacial score (nSPS) is 14.7. The van der Waals surface area contributed by atoms with E-state index < -0.39 is 10.9 Å². The summed E-state index contributed by atoms with van der Waals surface area (Å²) in [6.45, 7) is 0.129. The lowest BCUT2D eigenvalue weighted by atomic mass is 9.91. The number of aromatic carboxylic acids is 1. The summed E-state index contributed by atoms with van der Waals surface area (Å²) in [5.41, 5.74) is -0.566. The lowest BCUT2D eigenvalue weighted by Gasteiger charge is -2.38. The quantitative estimate of drug-likeness (QED) is 0.591. The van der Waals surface area contributed by atoms with Crippen LogP contribution in [0.3, 0.4) is 0 Å². The van der Waals surface area contributed by atoms with Gasteiger partial charge in [0, 0.05) is 18.7 Å². The molecule has 0 bridgehead atoms. The molecule has 1 aromatic rings. The fourth-order valence-corrected chi connectivity index (χ4v) is 2.20. The van der Waals surface area contributed by atoms with E-state index in [9.17, 15) is 20.0 Å². The summed E-state index contributed by atoms with van der Waals surface area (Å²) in [6, 6.07) is 1.14. The topological polar surface area (TPSA) is 117 Å². The molecule has 2 N–H and O–H groups in total. The summed E-state index contributed by atoms with van der Waals surface area (Å²) < 4.78 is 0. The molecule has 2 rings (SSSR count). The van der Waals surface area contributed by atoms with Crippen LogP contribution in [0, 0.1) is 10.1 Å². The van der Waals surface area contributed by atoms with Crippen molar-refractivity contribution in [2.24, 2.45) is 0 Å². The maximum Gasteiger partial charge on any atom is 0.339 e. The van der Waals surface area contributed by atoms with Crippen molar-refractivity contribution in [3.63, 3.8) is 0 Å². The second-order valence-corrected chi connectivity index (χ2v) is 4.63. The zero-order chi connectivity index (χ0) is 14.7. The average molecular weight is 281 g/mol. The van der Waals surface area contributed by atoms with Crippen LogP contribution in [0.15, 0.2) is 12.3 Å². The first-order chi connectivity index (χ1) is 9.54. The fraction of sp³-hybridized carbons (Fsp3) is 0.500. The number of carbonyl (C=O) groups is 1. The number of aliphatic hydroxyl groups is 1. The molecule has 0 radical (unpaired) electrons. The van der Waals surface area contributed by atoms with E-state index in [0.29, 0.717) is 0 Å². The summed E-state index contributed by atoms with van der Waals surface area (Å²) in [4.78, 5) is 27.0. The molecule has 0 aromatic carbocycles. The van der Waals surface area contributed by atoms with Gasteiger partial charge in [-0.1, -0.05) is 0 Å². The minimum Gasteiger partial charge on any atom is -0.478 e. The van der Waals surface area contributed by atoms with Crippen LogP contribution in [0.5, 0.6) is 0 Å². The number of hydrogen-bond donors (Lipinski definition) is 2. The van der Waals surface area contributed by atoms with Gasteiger partial charge in [-0.3, -0.25) is 10.1 Å². The molecule has 1 heterocycles. The summed E-state index contributed by atoms with van der Waals surface area (Å²) in [5, 5.41) is 29.0. The van der Waals surface area contributed by atoms with Gasteiger partial charge < -0.3 is 15.1 Å². The van der Waals surface area contributed by atoms with Crippen LogP contribution in [0.25, 0.3) is 0 Å². The molecule has 0 atom stereocenters. The van der Waals surface area contributed by atoms with E-state index in [1.807, 2.05) is 0 Å². The first-order valence-corrected chi connectivity index (χ1v) is 6.30. The van der Waals surface area contributed by atoms with Gasteiger partial charge in [-0.05, 0) is 19.3 Å². The molecular formula is C12H15N3O5. The van der Waals surface area contributed by atoms with E-state index in [4.69, 9.17) is 5.11 Å². The van der Waals surface area contributed by atoms with E-state index in [-0.39, 0.29) is 36.3 Å². The van der Waals surface area contributed by atoms with Crippen molar-refractivity contribution in [1.29, 1.82) is 0 Å². The summed E-state index contributed by atoms with van der Waals surface area (Å²) >= 11 is 0. The van der Waals surface area contributed by atoms with Crippen LogP contribution in [-0.2, 0) is 0 Å². The van der Waals surface area contributed by atoms with Crippen molar-refractivity contribution in [3.05, 3.63) is 27.9 Å². The van der Waals surface area contributed by atoms with E-state index in [1.54, 1.807) is 4.90 Å². The molecule has 0 saturated heterocycles. The van der Waals surface area contributed by atoms with Crippen LogP contribution in [0.4, 0.5) is 11.5 Å². The molecule has 1 aromatic heterocycles. The van der Waals surface area contributed by atoms with Crippen LogP contribution in [0.1, 0.15) is 29.6 Å². The van der Waals surface area contributed by atoms with E-state index in [0.717, 1.165) is 31.5 Å². The number of aromatic nitrogens is 1. The molecule has 0 unspecified atom stereocenters. The first kappa shape index (κ1) is 14.2. The number of hydrogen-bond acceptors (Lipinski definition) is 6. The van der Waals surface area contributed by atoms with Gasteiger partial charge in [0.1, 0.15) is 17.6 Å². The molecule has 0 aliphatic heterocycles. The number of carboxylic acid groups (broad SMARTS) is 1. The third-order valence-corrected chi connectivity index (χ3v) is 3.42. The highest BCUT2D eigenvalue weighted by molar-refractivity contribution is 5.94. The largest absolute Gasteiger partial charge is 0.478 e. The van der Waals surface area contributed by atoms with E-state index in [2.05, 4.69) is 4.98 Å². The van der Waals surface area contributed by atoms with Gasteiger partial charge in [0.2, 0.25) is 0 Å². The number of aliphatic hydroxyl groups excluding tert-OH is 1. The van der Waals surface area contributed by atoms with Crippen molar-refractivity contribution < 1.29 is 19.9 Å². The highest BCUT2D eigenvalue weighted by Crippen LogP contribution is 2.31. The summed E-state index contributed by atoms with van der Waals surface area (Å²) in [5.74, 6) is -1.08. The third-order valence-electron chi connectivity index (χ3n) is 3.42. The van der Waals surface area contributed by atoms with Gasteiger partial charge in [-0.15, -0.1) is 0 Å². The zero-order valence-electron chi connectivity index (χ0n) is 10.7. The van der Waals surface area contributed by atoms with Crippen molar-refractivity contribution in [1.82, 2.24) is 4.98 Å². The maximum atomic E-state index is 11.3. The second-order valence-electron chi connectivity index (χ2n) is 4.63. The number of nitro groups is 1. The van der Waals surface area contributed by atoms with Crippen molar-refractivity contribution in [2.75, 3.05) is 18.1 Å². The SMILES string of the molecule is O=C(O)c1cc([N+](=O)[O-])cnc1N(CCO)C1CCC1. The molecule has 8 nitrogen and oxygen atoms in total. The Bertz CT molecular complexity index is 530. The molecule has 108 valence electrons. The molecule has 20 heavy (non-hydrogen) atoms. The molecule has 8 heteroatoms. The number of anilines is 1. The summed E-state index contributed by atoms with van der Waals surface area (Å²) in [7, 11) is 0. The standard InChI is InChI=1S/C12H15N3O5/c16-5-4-14(8-2-1-3-8)11-10(12(17)18)6-9(7-13-11)15(19)20/h6-8,16H,1-5H2,(H,17,18). The van der Waals surface area contributed by atoms with Gasteiger partial charge >= 0.3 is 5.97 Å². The van der Waals surface area contributed by atoms with Gasteiger partial charge in [0.25, 0.3) is 5.69 Å². The minimum absolute atomic E-state index is 0.131. The zero-order valence-corrected chi connectivity index (χ0v) is 10.7. The Hall–Kier alpha value is -2.22. The Balaban J connectivity index is 2.41. The third kappa shape index (κ3) is 2.69. The van der Waals surface area contributed by atoms with Gasteiger partial charge in [0.15, 0.2) is 0 Å². The Morgan fingerprint density at radius 2 is 2.25 bits per heavy atom. The monoisotopic (exact) mass is 281 g/mol. The van der Waals surface area contributed by atoms with E-state index in [1.165, 1.54) is 0 Å². The van der Waals surface area contributed by atoms with Gasteiger partial charge in [0.05, 0.1) is 11.5 Å². The lowest BCUT2D eigenvalue weighted by molar-refractivity contribution is -0.385. The van der Waals surface area contributed by atoms with Gasteiger partial charge in [-0.2, -0.15) is 0 Å². The minimum atomic E-state index is -1.27. The molecule has 1 fully saturated rings. The number of rotatable bonds is 6. The Morgan fingerprint density at radius 3 is 2.70 bits per heavy atom. The van der Waals surface area contributed by atoms with Crippen LogP contribution < -0.4 is 4.90 Å². The van der Waals surface area contributed by atoms with E-state index >= 15 is 0 Å². The van der Waals surface area contributed by atoms with Crippen LogP contribution >= 0.6 is 0 Å². The molecule has 0 spiro atoms. The molecule has 1 saturated carbocycles. The highest BCUT2D eigenvalue weighted by atomic mass is 16.6. The first-order valence-electron chi connectivity index (χ1n) is 6.30. The van der Waals surface area contributed by atoms with Gasteiger partial charge in [-0.25, -0.2) is 9.78 Å². The number of carboxylic acids is 1.